The van der Waals surface area contributed by atoms with Crippen molar-refractivity contribution >= 4 is 23.1 Å². The van der Waals surface area contributed by atoms with Crippen LogP contribution in [0.15, 0.2) is 48.6 Å². The number of hydrogen-bond acceptors (Lipinski definition) is 2. The monoisotopic (exact) mass is 372 g/mol. The summed E-state index contributed by atoms with van der Waals surface area (Å²) in [4.78, 5) is 23.8. The number of carbonyl (C=O) groups is 2. The lowest BCUT2D eigenvalue weighted by Crippen LogP contribution is -2.14. The number of nitrogens with one attached hydrogen (secondary N) is 1. The number of hydrogen-bond donors (Lipinski definition) is 2. The SMILES string of the molecule is C=CC(=O)Nc1cccc(-c2ccc(C(N)=O)c3c2C2=C(CCCC2)C3)c1C. The normalized spacial score (nSPS) is 15.0. The average molecular weight is 372 g/mol. The van der Waals surface area contributed by atoms with Crippen molar-refractivity contribution in [3.63, 3.8) is 0 Å². The second-order valence-corrected chi connectivity index (χ2v) is 7.52. The van der Waals surface area contributed by atoms with Gasteiger partial charge in [-0.3, -0.25) is 9.59 Å². The minimum absolute atomic E-state index is 0.230. The first-order valence-corrected chi connectivity index (χ1v) is 9.71. The van der Waals surface area contributed by atoms with Gasteiger partial charge in [0, 0.05) is 11.3 Å². The lowest BCUT2D eigenvalue weighted by Gasteiger charge is -2.19. The molecule has 4 nitrogen and oxygen atoms in total. The van der Waals surface area contributed by atoms with E-state index in [9.17, 15) is 9.59 Å². The highest BCUT2D eigenvalue weighted by Crippen LogP contribution is 2.47. The average Bonchev–Trinajstić information content (AvgIpc) is 3.08. The number of nitrogens with two attached hydrogens (primary N) is 1. The molecule has 0 aromatic heterocycles. The van der Waals surface area contributed by atoms with E-state index in [0.717, 1.165) is 47.2 Å². The van der Waals surface area contributed by atoms with Crippen LogP contribution in [0.3, 0.4) is 0 Å². The van der Waals surface area contributed by atoms with E-state index in [0.29, 0.717) is 5.56 Å². The highest BCUT2D eigenvalue weighted by Gasteiger charge is 2.30. The molecule has 28 heavy (non-hydrogen) atoms. The fourth-order valence-corrected chi connectivity index (χ4v) is 4.56. The molecule has 0 saturated heterocycles. The predicted octanol–water partition coefficient (Wildman–Crippen LogP) is 4.77. The highest BCUT2D eigenvalue weighted by molar-refractivity contribution is 6.02. The Kier molecular flexibility index (Phi) is 4.63. The Bertz CT molecular complexity index is 1050. The topological polar surface area (TPSA) is 72.2 Å². The molecule has 2 aromatic rings. The van der Waals surface area contributed by atoms with Gasteiger partial charge in [0.05, 0.1) is 0 Å². The zero-order chi connectivity index (χ0) is 19.8. The fourth-order valence-electron chi connectivity index (χ4n) is 4.56. The van der Waals surface area contributed by atoms with Gasteiger partial charge in [0.1, 0.15) is 0 Å². The van der Waals surface area contributed by atoms with Gasteiger partial charge in [-0.05, 0) is 90.6 Å². The first-order valence-electron chi connectivity index (χ1n) is 9.71. The molecule has 0 aliphatic heterocycles. The number of primary amides is 1. The lowest BCUT2D eigenvalue weighted by molar-refractivity contribution is -0.111. The molecule has 0 fully saturated rings. The van der Waals surface area contributed by atoms with Crippen LogP contribution >= 0.6 is 0 Å². The third-order valence-corrected chi connectivity index (χ3v) is 5.92. The number of carbonyl (C=O) groups excluding carboxylic acids is 2. The molecule has 4 heteroatoms. The molecule has 2 aliphatic carbocycles. The van der Waals surface area contributed by atoms with E-state index >= 15 is 0 Å². The summed E-state index contributed by atoms with van der Waals surface area (Å²) in [7, 11) is 0. The summed E-state index contributed by atoms with van der Waals surface area (Å²) in [6, 6.07) is 9.76. The Hall–Kier alpha value is -3.14. The minimum atomic E-state index is -0.369. The Morgan fingerprint density at radius 1 is 1.11 bits per heavy atom. The van der Waals surface area contributed by atoms with Crippen molar-refractivity contribution in [3.05, 3.63) is 70.8 Å². The van der Waals surface area contributed by atoms with Crippen molar-refractivity contribution in [1.82, 2.24) is 0 Å². The first kappa shape index (κ1) is 18.2. The van der Waals surface area contributed by atoms with Crippen LogP contribution in [0.5, 0.6) is 0 Å². The van der Waals surface area contributed by atoms with Gasteiger partial charge in [-0.15, -0.1) is 0 Å². The van der Waals surface area contributed by atoms with Crippen LogP contribution in [-0.4, -0.2) is 11.8 Å². The van der Waals surface area contributed by atoms with Crippen LogP contribution in [0, 0.1) is 6.92 Å². The Morgan fingerprint density at radius 2 is 1.89 bits per heavy atom. The van der Waals surface area contributed by atoms with Gasteiger partial charge < -0.3 is 11.1 Å². The van der Waals surface area contributed by atoms with Gasteiger partial charge in [0.15, 0.2) is 0 Å². The fraction of sp³-hybridized carbons (Fsp3) is 0.250. The molecule has 0 unspecified atom stereocenters. The number of rotatable bonds is 4. The summed E-state index contributed by atoms with van der Waals surface area (Å²) in [5, 5.41) is 2.88. The third-order valence-electron chi connectivity index (χ3n) is 5.92. The standard InChI is InChI=1S/C24H24N2O2/c1-3-22(27)26-21-10-6-9-16(14(21)2)18-11-12-19(24(25)28)20-13-15-7-4-5-8-17(15)23(18)20/h3,6,9-12H,1,4-5,7-8,13H2,2H3,(H2,25,28)(H,26,27). The molecule has 0 atom stereocenters. The maximum absolute atomic E-state index is 12.0. The molecule has 3 N–H and O–H groups in total. The largest absolute Gasteiger partial charge is 0.366 e. The maximum Gasteiger partial charge on any atom is 0.249 e. The van der Waals surface area contributed by atoms with Crippen LogP contribution in [0.1, 0.15) is 52.7 Å². The Labute approximate surface area is 165 Å². The van der Waals surface area contributed by atoms with Crippen molar-refractivity contribution in [2.75, 3.05) is 5.32 Å². The summed E-state index contributed by atoms with van der Waals surface area (Å²) in [5.41, 5.74) is 15.3. The van der Waals surface area contributed by atoms with Crippen LogP contribution in [0.2, 0.25) is 0 Å². The molecular weight excluding hydrogens is 348 g/mol. The van der Waals surface area contributed by atoms with Gasteiger partial charge in [-0.25, -0.2) is 0 Å². The number of allylic oxidation sites excluding steroid dienone is 2. The van der Waals surface area contributed by atoms with Crippen molar-refractivity contribution in [2.24, 2.45) is 5.73 Å². The van der Waals surface area contributed by atoms with Crippen LogP contribution in [0.25, 0.3) is 16.7 Å². The Balaban J connectivity index is 1.91. The quantitative estimate of drug-likeness (QED) is 0.759. The molecule has 2 aliphatic rings. The smallest absolute Gasteiger partial charge is 0.249 e. The lowest BCUT2D eigenvalue weighted by atomic mass is 9.86. The van der Waals surface area contributed by atoms with Crippen LogP contribution < -0.4 is 11.1 Å². The zero-order valence-corrected chi connectivity index (χ0v) is 16.1. The van der Waals surface area contributed by atoms with E-state index in [1.54, 1.807) is 0 Å². The number of anilines is 1. The van der Waals surface area contributed by atoms with E-state index in [1.807, 2.05) is 31.2 Å². The molecule has 0 spiro atoms. The molecule has 0 saturated carbocycles. The highest BCUT2D eigenvalue weighted by atomic mass is 16.1. The van der Waals surface area contributed by atoms with E-state index in [4.69, 9.17) is 5.73 Å². The van der Waals surface area contributed by atoms with Crippen LogP contribution in [0.4, 0.5) is 5.69 Å². The molecule has 0 radical (unpaired) electrons. The zero-order valence-electron chi connectivity index (χ0n) is 16.1. The van der Waals surface area contributed by atoms with Gasteiger partial charge in [-0.2, -0.15) is 0 Å². The number of benzene rings is 2. The van der Waals surface area contributed by atoms with Gasteiger partial charge in [-0.1, -0.05) is 30.4 Å². The molecular formula is C24H24N2O2. The van der Waals surface area contributed by atoms with E-state index in [2.05, 4.69) is 18.0 Å². The second-order valence-electron chi connectivity index (χ2n) is 7.52. The van der Waals surface area contributed by atoms with Crippen molar-refractivity contribution in [2.45, 2.75) is 39.0 Å². The van der Waals surface area contributed by atoms with Gasteiger partial charge >= 0.3 is 0 Å². The molecule has 0 bridgehead atoms. The third kappa shape index (κ3) is 2.95. The van der Waals surface area contributed by atoms with E-state index in [1.165, 1.54) is 35.6 Å². The molecule has 2 amide bonds. The maximum atomic E-state index is 12.0. The first-order chi connectivity index (χ1) is 13.5. The van der Waals surface area contributed by atoms with Crippen molar-refractivity contribution < 1.29 is 9.59 Å². The predicted molar refractivity (Wildman–Crippen MR) is 113 cm³/mol. The Morgan fingerprint density at radius 3 is 2.64 bits per heavy atom. The van der Waals surface area contributed by atoms with Crippen LogP contribution in [-0.2, 0) is 11.2 Å². The summed E-state index contributed by atoms with van der Waals surface area (Å²) in [5.74, 6) is -0.599. The van der Waals surface area contributed by atoms with E-state index in [-0.39, 0.29) is 11.8 Å². The minimum Gasteiger partial charge on any atom is -0.366 e. The van der Waals surface area contributed by atoms with E-state index < -0.39 is 0 Å². The summed E-state index contributed by atoms with van der Waals surface area (Å²) >= 11 is 0. The second kappa shape index (κ2) is 7.12. The van der Waals surface area contributed by atoms with Gasteiger partial charge in [0.2, 0.25) is 11.8 Å². The summed E-state index contributed by atoms with van der Waals surface area (Å²) < 4.78 is 0. The van der Waals surface area contributed by atoms with Crippen molar-refractivity contribution in [1.29, 1.82) is 0 Å². The number of amides is 2. The molecule has 4 rings (SSSR count). The molecule has 2 aromatic carbocycles. The van der Waals surface area contributed by atoms with Crippen molar-refractivity contribution in [3.8, 4) is 11.1 Å². The summed E-state index contributed by atoms with van der Waals surface area (Å²) in [6.45, 7) is 5.53. The van der Waals surface area contributed by atoms with Gasteiger partial charge in [0.25, 0.3) is 0 Å². The molecule has 0 heterocycles. The number of fused-ring (bicyclic) bond motifs is 2. The molecule has 142 valence electrons. The summed E-state index contributed by atoms with van der Waals surface area (Å²) in [6.07, 6.45) is 6.61.